The second kappa shape index (κ2) is 4.86. The van der Waals surface area contributed by atoms with Gasteiger partial charge in [0.2, 0.25) is 0 Å². The van der Waals surface area contributed by atoms with E-state index < -0.39 is 0 Å². The molecule has 0 aromatic carbocycles. The van der Waals surface area contributed by atoms with E-state index in [4.69, 9.17) is 16.9 Å². The highest BCUT2D eigenvalue weighted by Crippen LogP contribution is 2.24. The first-order chi connectivity index (χ1) is 5.76. The highest BCUT2D eigenvalue weighted by Gasteiger charge is 2.08. The summed E-state index contributed by atoms with van der Waals surface area (Å²) in [7, 11) is 0. The Morgan fingerprint density at radius 2 is 2.42 bits per heavy atom. The lowest BCUT2D eigenvalue weighted by atomic mass is 10.1. The van der Waals surface area contributed by atoms with Crippen LogP contribution in [0.5, 0.6) is 0 Å². The largest absolute Gasteiger partial charge is 0.198 e. The average molecular weight is 265 g/mol. The first-order valence-corrected chi connectivity index (χ1v) is 5.60. The van der Waals surface area contributed by atoms with E-state index in [1.54, 1.807) is 11.3 Å². The smallest absolute Gasteiger partial charge is 0.0701 e. The van der Waals surface area contributed by atoms with Gasteiger partial charge in [-0.15, -0.1) is 22.9 Å². The van der Waals surface area contributed by atoms with Crippen LogP contribution in [0.15, 0.2) is 15.9 Å². The van der Waals surface area contributed by atoms with Gasteiger partial charge in [-0.05, 0) is 34.5 Å². The van der Waals surface area contributed by atoms with Crippen LogP contribution >= 0.6 is 38.9 Å². The van der Waals surface area contributed by atoms with Crippen molar-refractivity contribution in [3.05, 3.63) is 20.8 Å². The maximum Gasteiger partial charge on any atom is 0.0701 e. The van der Waals surface area contributed by atoms with Crippen molar-refractivity contribution in [1.82, 2.24) is 0 Å². The zero-order chi connectivity index (χ0) is 8.97. The Morgan fingerprint density at radius 3 is 2.83 bits per heavy atom. The van der Waals surface area contributed by atoms with Crippen LogP contribution in [-0.4, -0.2) is 5.88 Å². The zero-order valence-electron chi connectivity index (χ0n) is 6.26. The van der Waals surface area contributed by atoms with Gasteiger partial charge in [0.1, 0.15) is 0 Å². The van der Waals surface area contributed by atoms with E-state index in [9.17, 15) is 0 Å². The van der Waals surface area contributed by atoms with Crippen molar-refractivity contribution >= 4 is 38.9 Å². The van der Waals surface area contributed by atoms with Crippen LogP contribution < -0.4 is 0 Å². The van der Waals surface area contributed by atoms with Crippen LogP contribution in [0.25, 0.3) is 0 Å². The summed E-state index contributed by atoms with van der Waals surface area (Å²) in [5.74, 6) is 0.351. The number of rotatable bonds is 3. The molecule has 0 N–H and O–H groups in total. The lowest BCUT2D eigenvalue weighted by Gasteiger charge is -2.00. The van der Waals surface area contributed by atoms with Gasteiger partial charge in [0.15, 0.2) is 0 Å². The Hall–Kier alpha value is -0.0400. The van der Waals surface area contributed by atoms with Crippen molar-refractivity contribution in [2.75, 3.05) is 5.88 Å². The fourth-order valence-corrected chi connectivity index (χ4v) is 2.58. The fraction of sp³-hybridized carbons (Fsp3) is 0.375. The van der Waals surface area contributed by atoms with Crippen molar-refractivity contribution in [1.29, 1.82) is 5.26 Å². The molecule has 0 aliphatic carbocycles. The Labute approximate surface area is 89.1 Å². The third-order valence-electron chi connectivity index (χ3n) is 1.45. The van der Waals surface area contributed by atoms with E-state index in [0.717, 1.165) is 10.2 Å². The normalized spacial score (nSPS) is 12.4. The second-order valence-electron chi connectivity index (χ2n) is 2.39. The quantitative estimate of drug-likeness (QED) is 0.767. The molecule has 4 heteroatoms. The predicted molar refractivity (Wildman–Crippen MR) is 55.5 cm³/mol. The molecule has 12 heavy (non-hydrogen) atoms. The zero-order valence-corrected chi connectivity index (χ0v) is 9.42. The summed E-state index contributed by atoms with van der Waals surface area (Å²) >= 11 is 10.6. The molecule has 0 fully saturated rings. The average Bonchev–Trinajstić information content (AvgIpc) is 2.47. The summed E-state index contributed by atoms with van der Waals surface area (Å²) in [5, 5.41) is 8.65. The summed E-state index contributed by atoms with van der Waals surface area (Å²) in [6.45, 7) is 0. The Kier molecular flexibility index (Phi) is 4.07. The van der Waals surface area contributed by atoms with Crippen molar-refractivity contribution < 1.29 is 0 Å². The third-order valence-corrected chi connectivity index (χ3v) is 3.46. The van der Waals surface area contributed by atoms with Gasteiger partial charge < -0.3 is 0 Å². The van der Waals surface area contributed by atoms with Crippen LogP contribution in [0.2, 0.25) is 0 Å². The van der Waals surface area contributed by atoms with E-state index in [1.807, 2.05) is 12.1 Å². The summed E-state index contributed by atoms with van der Waals surface area (Å²) in [5.41, 5.74) is 0. The first kappa shape index (κ1) is 10.0. The molecule has 0 aliphatic heterocycles. The number of halogens is 2. The molecule has 64 valence electrons. The molecular formula is C8H7BrClNS. The molecule has 0 saturated carbocycles. The molecule has 0 saturated heterocycles. The topological polar surface area (TPSA) is 23.8 Å². The van der Waals surface area contributed by atoms with Crippen LogP contribution in [0.4, 0.5) is 0 Å². The molecule has 0 amide bonds. The molecule has 1 rings (SSSR count). The highest BCUT2D eigenvalue weighted by molar-refractivity contribution is 9.11. The SMILES string of the molecule is N#CC(CCl)Cc1ccc(Br)s1. The van der Waals surface area contributed by atoms with E-state index in [0.29, 0.717) is 5.88 Å². The van der Waals surface area contributed by atoms with E-state index in [2.05, 4.69) is 22.0 Å². The van der Waals surface area contributed by atoms with Crippen LogP contribution in [0, 0.1) is 17.2 Å². The Balaban J connectivity index is 2.58. The highest BCUT2D eigenvalue weighted by atomic mass is 79.9. The van der Waals surface area contributed by atoms with Gasteiger partial charge in [-0.1, -0.05) is 0 Å². The molecule has 0 radical (unpaired) electrons. The van der Waals surface area contributed by atoms with Crippen molar-refractivity contribution in [3.63, 3.8) is 0 Å². The summed E-state index contributed by atoms with van der Waals surface area (Å²) in [6, 6.07) is 6.18. The Bertz CT molecular complexity index is 291. The number of hydrogen-bond acceptors (Lipinski definition) is 2. The van der Waals surface area contributed by atoms with E-state index in [-0.39, 0.29) is 5.92 Å². The number of thiophene rings is 1. The lowest BCUT2D eigenvalue weighted by Crippen LogP contribution is -2.01. The van der Waals surface area contributed by atoms with Gasteiger partial charge in [0, 0.05) is 10.8 Å². The maximum atomic E-state index is 8.65. The molecule has 1 atom stereocenters. The van der Waals surface area contributed by atoms with Crippen LogP contribution in [-0.2, 0) is 6.42 Å². The standard InChI is InChI=1S/C8H7BrClNS/c9-8-2-1-7(12-8)3-6(4-10)5-11/h1-2,6H,3-4H2. The van der Waals surface area contributed by atoms with Gasteiger partial charge in [-0.3, -0.25) is 0 Å². The molecule has 1 aromatic rings. The molecule has 0 bridgehead atoms. The summed E-state index contributed by atoms with van der Waals surface area (Å²) in [4.78, 5) is 1.20. The lowest BCUT2D eigenvalue weighted by molar-refractivity contribution is 0.756. The minimum absolute atomic E-state index is 0.0581. The molecule has 1 unspecified atom stereocenters. The minimum atomic E-state index is -0.0581. The fourth-order valence-electron chi connectivity index (χ4n) is 0.839. The molecule has 0 aliphatic rings. The monoisotopic (exact) mass is 263 g/mol. The number of nitriles is 1. The van der Waals surface area contributed by atoms with Gasteiger partial charge >= 0.3 is 0 Å². The maximum absolute atomic E-state index is 8.65. The molecule has 1 aromatic heterocycles. The Morgan fingerprint density at radius 1 is 1.67 bits per heavy atom. The molecule has 0 spiro atoms. The molecule has 1 heterocycles. The minimum Gasteiger partial charge on any atom is -0.198 e. The van der Waals surface area contributed by atoms with E-state index >= 15 is 0 Å². The predicted octanol–water partition coefficient (Wildman–Crippen LogP) is 3.43. The second-order valence-corrected chi connectivity index (χ2v) is 5.25. The van der Waals surface area contributed by atoms with E-state index in [1.165, 1.54) is 4.88 Å². The van der Waals surface area contributed by atoms with Gasteiger partial charge in [-0.25, -0.2) is 0 Å². The number of nitrogens with zero attached hydrogens (tertiary/aromatic N) is 1. The third kappa shape index (κ3) is 2.78. The van der Waals surface area contributed by atoms with Crippen LogP contribution in [0.3, 0.4) is 0 Å². The van der Waals surface area contributed by atoms with Gasteiger partial charge in [0.05, 0.1) is 15.8 Å². The van der Waals surface area contributed by atoms with Crippen molar-refractivity contribution in [2.24, 2.45) is 5.92 Å². The van der Waals surface area contributed by atoms with Crippen molar-refractivity contribution in [3.8, 4) is 6.07 Å². The van der Waals surface area contributed by atoms with Gasteiger partial charge in [-0.2, -0.15) is 5.26 Å². The molecule has 1 nitrogen and oxygen atoms in total. The number of alkyl halides is 1. The van der Waals surface area contributed by atoms with Crippen LogP contribution in [0.1, 0.15) is 4.88 Å². The summed E-state index contributed by atoms with van der Waals surface area (Å²) in [6.07, 6.45) is 0.760. The first-order valence-electron chi connectivity index (χ1n) is 3.46. The van der Waals surface area contributed by atoms with Gasteiger partial charge in [0.25, 0.3) is 0 Å². The number of hydrogen-bond donors (Lipinski definition) is 0. The summed E-state index contributed by atoms with van der Waals surface area (Å²) < 4.78 is 1.10. The molecular weight excluding hydrogens is 258 g/mol. The van der Waals surface area contributed by atoms with Crippen molar-refractivity contribution in [2.45, 2.75) is 6.42 Å².